The van der Waals surface area contributed by atoms with Crippen LogP contribution in [0.25, 0.3) is 0 Å². The van der Waals surface area contributed by atoms with E-state index in [9.17, 15) is 4.79 Å². The van der Waals surface area contributed by atoms with Gasteiger partial charge in [-0.15, -0.1) is 0 Å². The van der Waals surface area contributed by atoms with Gasteiger partial charge in [0.15, 0.2) is 0 Å². The first-order valence-electron chi connectivity index (χ1n) is 7.66. The summed E-state index contributed by atoms with van der Waals surface area (Å²) in [5.41, 5.74) is -1.03. The molecule has 0 aromatic heterocycles. The summed E-state index contributed by atoms with van der Waals surface area (Å²) in [6, 6.07) is 0.254. The summed E-state index contributed by atoms with van der Waals surface area (Å²) in [6.45, 7) is 14.2. The van der Waals surface area contributed by atoms with Gasteiger partial charge in [0.25, 0.3) is 0 Å². The van der Waals surface area contributed by atoms with E-state index < -0.39 is 5.54 Å². The topological polar surface area (TPSA) is 50.8 Å². The van der Waals surface area contributed by atoms with Crippen molar-refractivity contribution in [1.82, 2.24) is 10.2 Å². The molecule has 0 aromatic rings. The second-order valence-corrected chi connectivity index (χ2v) is 7.65. The Morgan fingerprint density at radius 3 is 2.19 bits per heavy atom. The Morgan fingerprint density at radius 2 is 1.81 bits per heavy atom. The molecule has 0 amide bonds. The van der Waals surface area contributed by atoms with Gasteiger partial charge in [-0.2, -0.15) is 0 Å². The van der Waals surface area contributed by atoms with Crippen LogP contribution in [0, 0.1) is 0 Å². The Kier molecular flexibility index (Phi) is 5.45. The van der Waals surface area contributed by atoms with E-state index in [4.69, 9.17) is 9.47 Å². The minimum atomic E-state index is -0.666. The van der Waals surface area contributed by atoms with Crippen LogP contribution in [0.1, 0.15) is 48.0 Å². The van der Waals surface area contributed by atoms with Gasteiger partial charge in [-0.25, -0.2) is 0 Å². The molecule has 1 N–H and O–H groups in total. The zero-order valence-electron chi connectivity index (χ0n) is 14.9. The molecule has 1 aliphatic heterocycles. The summed E-state index contributed by atoms with van der Waals surface area (Å²) < 4.78 is 11.0. The molecule has 5 heteroatoms. The van der Waals surface area contributed by atoms with Crippen LogP contribution in [0.2, 0.25) is 0 Å². The molecule has 1 fully saturated rings. The molecular formula is C16H32N2O3. The summed E-state index contributed by atoms with van der Waals surface area (Å²) in [5.74, 6) is -0.219. The zero-order chi connectivity index (χ0) is 16.5. The molecule has 0 aliphatic carbocycles. The third-order valence-electron chi connectivity index (χ3n) is 4.24. The van der Waals surface area contributed by atoms with E-state index in [1.54, 1.807) is 7.05 Å². The van der Waals surface area contributed by atoms with Gasteiger partial charge in [0.1, 0.15) is 5.54 Å². The van der Waals surface area contributed by atoms with Crippen LogP contribution in [0.15, 0.2) is 0 Å². The van der Waals surface area contributed by atoms with Gasteiger partial charge in [-0.05, 0) is 55.0 Å². The number of hydrogen-bond donors (Lipinski definition) is 1. The van der Waals surface area contributed by atoms with Crippen molar-refractivity contribution in [2.75, 3.05) is 27.2 Å². The smallest absolute Gasteiger partial charge is 0.325 e. The van der Waals surface area contributed by atoms with Gasteiger partial charge >= 0.3 is 5.97 Å². The molecule has 1 aliphatic rings. The van der Waals surface area contributed by atoms with Crippen molar-refractivity contribution in [1.29, 1.82) is 0 Å². The number of rotatable bonds is 5. The van der Waals surface area contributed by atoms with Crippen molar-refractivity contribution in [2.45, 2.75) is 70.7 Å². The Hall–Kier alpha value is -0.650. The summed E-state index contributed by atoms with van der Waals surface area (Å²) >= 11 is 0. The van der Waals surface area contributed by atoms with Gasteiger partial charge in [-0.3, -0.25) is 9.69 Å². The first-order chi connectivity index (χ1) is 9.45. The van der Waals surface area contributed by atoms with Crippen molar-refractivity contribution in [3.05, 3.63) is 0 Å². The normalized spacial score (nSPS) is 25.9. The number of nitrogens with one attached hydrogen (secondary N) is 1. The fourth-order valence-corrected chi connectivity index (χ4v) is 3.39. The second-order valence-electron chi connectivity index (χ2n) is 7.65. The minimum Gasteiger partial charge on any atom is -0.468 e. The van der Waals surface area contributed by atoms with Crippen LogP contribution < -0.4 is 5.32 Å². The lowest BCUT2D eigenvalue weighted by Gasteiger charge is -2.50. The lowest BCUT2D eigenvalue weighted by atomic mass is 9.90. The largest absolute Gasteiger partial charge is 0.468 e. The minimum absolute atomic E-state index is 0.183. The maximum atomic E-state index is 12.0. The summed E-state index contributed by atoms with van der Waals surface area (Å²) in [4.78, 5) is 14.4. The SMILES string of the molecule is CNC(C)(CC(C)N1CC(C)(C)OC(C)(C)C1)C(=O)OC. The molecule has 1 heterocycles. The monoisotopic (exact) mass is 300 g/mol. The molecule has 21 heavy (non-hydrogen) atoms. The molecule has 0 bridgehead atoms. The van der Waals surface area contributed by atoms with E-state index in [1.165, 1.54) is 7.11 Å². The number of hydrogen-bond acceptors (Lipinski definition) is 5. The van der Waals surface area contributed by atoms with E-state index >= 15 is 0 Å². The first-order valence-corrected chi connectivity index (χ1v) is 7.66. The highest BCUT2D eigenvalue weighted by molar-refractivity contribution is 5.80. The fraction of sp³-hybridized carbons (Fsp3) is 0.938. The van der Waals surface area contributed by atoms with E-state index in [-0.39, 0.29) is 23.2 Å². The second kappa shape index (κ2) is 6.23. The highest BCUT2D eigenvalue weighted by atomic mass is 16.5. The van der Waals surface area contributed by atoms with Gasteiger partial charge in [0, 0.05) is 19.1 Å². The number of likely N-dealkylation sites (N-methyl/N-ethyl adjacent to an activating group) is 1. The summed E-state index contributed by atoms with van der Waals surface area (Å²) in [6.07, 6.45) is 0.697. The highest BCUT2D eigenvalue weighted by Crippen LogP contribution is 2.31. The molecule has 1 saturated heterocycles. The standard InChI is InChI=1S/C16H32N2O3/c1-12(9-16(6,17-7)13(19)20-8)18-10-14(2,3)21-15(4,5)11-18/h12,17H,9-11H2,1-8H3. The van der Waals surface area contributed by atoms with Crippen LogP contribution >= 0.6 is 0 Å². The molecular weight excluding hydrogens is 268 g/mol. The van der Waals surface area contributed by atoms with Crippen molar-refractivity contribution in [2.24, 2.45) is 0 Å². The van der Waals surface area contributed by atoms with Gasteiger partial charge in [-0.1, -0.05) is 0 Å². The Morgan fingerprint density at radius 1 is 1.33 bits per heavy atom. The third kappa shape index (κ3) is 4.66. The third-order valence-corrected chi connectivity index (χ3v) is 4.24. The number of ether oxygens (including phenoxy) is 2. The van der Waals surface area contributed by atoms with Gasteiger partial charge < -0.3 is 14.8 Å². The maximum absolute atomic E-state index is 12.0. The van der Waals surface area contributed by atoms with Crippen LogP contribution in [0.4, 0.5) is 0 Å². The van der Waals surface area contributed by atoms with Gasteiger partial charge in [0.2, 0.25) is 0 Å². The number of methoxy groups -OCH3 is 1. The quantitative estimate of drug-likeness (QED) is 0.785. The van der Waals surface area contributed by atoms with E-state index in [0.29, 0.717) is 6.42 Å². The Bertz CT molecular complexity index is 366. The number of morpholine rings is 1. The van der Waals surface area contributed by atoms with Gasteiger partial charge in [0.05, 0.1) is 18.3 Å². The first kappa shape index (κ1) is 18.4. The Balaban J connectivity index is 2.83. The molecule has 0 aromatic carbocycles. The molecule has 0 spiro atoms. The lowest BCUT2D eigenvalue weighted by Crippen LogP contribution is -2.61. The van der Waals surface area contributed by atoms with Crippen LogP contribution in [0.3, 0.4) is 0 Å². The molecule has 5 nitrogen and oxygen atoms in total. The van der Waals surface area contributed by atoms with Crippen LogP contribution in [-0.4, -0.2) is 60.9 Å². The molecule has 0 saturated carbocycles. The van der Waals surface area contributed by atoms with E-state index in [1.807, 2.05) is 6.92 Å². The van der Waals surface area contributed by atoms with E-state index in [2.05, 4.69) is 44.8 Å². The number of nitrogens with zero attached hydrogens (tertiary/aromatic N) is 1. The van der Waals surface area contributed by atoms with Crippen molar-refractivity contribution in [3.63, 3.8) is 0 Å². The average Bonchev–Trinajstić information content (AvgIpc) is 2.33. The number of carbonyl (C=O) groups excluding carboxylic acids is 1. The average molecular weight is 300 g/mol. The van der Waals surface area contributed by atoms with Crippen molar-refractivity contribution >= 4 is 5.97 Å². The lowest BCUT2D eigenvalue weighted by molar-refractivity contribution is -0.188. The highest BCUT2D eigenvalue weighted by Gasteiger charge is 2.42. The Labute approximate surface area is 129 Å². The molecule has 2 atom stereocenters. The number of esters is 1. The number of carbonyl (C=O) groups is 1. The predicted octanol–water partition coefficient (Wildman–Crippen LogP) is 1.81. The van der Waals surface area contributed by atoms with Crippen LogP contribution in [0.5, 0.6) is 0 Å². The molecule has 0 radical (unpaired) electrons. The molecule has 124 valence electrons. The van der Waals surface area contributed by atoms with Crippen molar-refractivity contribution in [3.8, 4) is 0 Å². The van der Waals surface area contributed by atoms with Crippen LogP contribution in [-0.2, 0) is 14.3 Å². The summed E-state index contributed by atoms with van der Waals surface area (Å²) in [7, 11) is 3.24. The maximum Gasteiger partial charge on any atom is 0.325 e. The molecule has 2 unspecified atom stereocenters. The fourth-order valence-electron chi connectivity index (χ4n) is 3.39. The zero-order valence-corrected chi connectivity index (χ0v) is 14.9. The van der Waals surface area contributed by atoms with E-state index in [0.717, 1.165) is 13.1 Å². The predicted molar refractivity (Wildman–Crippen MR) is 84.4 cm³/mol. The molecule has 1 rings (SSSR count). The van der Waals surface area contributed by atoms with Crippen molar-refractivity contribution < 1.29 is 14.3 Å². The summed E-state index contributed by atoms with van der Waals surface area (Å²) in [5, 5.41) is 3.11.